The van der Waals surface area contributed by atoms with E-state index in [1.165, 1.54) is 4.90 Å². The lowest BCUT2D eigenvalue weighted by Crippen LogP contribution is -2.54. The molecule has 16 heavy (non-hydrogen) atoms. The van der Waals surface area contributed by atoms with Gasteiger partial charge in [-0.1, -0.05) is 6.92 Å². The Hall–Kier alpha value is -1.24. The summed E-state index contributed by atoms with van der Waals surface area (Å²) in [4.78, 5) is 23.7. The Labute approximate surface area is 91.7 Å². The van der Waals surface area contributed by atoms with Crippen LogP contribution in [0.3, 0.4) is 0 Å². The van der Waals surface area contributed by atoms with Gasteiger partial charge in [0.15, 0.2) is 0 Å². The zero-order chi connectivity index (χ0) is 12.1. The lowest BCUT2D eigenvalue weighted by molar-refractivity contribution is -0.125. The molecule has 1 aliphatic heterocycles. The van der Waals surface area contributed by atoms with Crippen LogP contribution in [0, 0.1) is 5.92 Å². The number of nitrogens with one attached hydrogen (secondary N) is 1. The molecular weight excluding hydrogens is 222 g/mol. The highest BCUT2D eigenvalue weighted by molar-refractivity contribution is 5.97. The Bertz CT molecular complexity index is 273. The van der Waals surface area contributed by atoms with Crippen molar-refractivity contribution in [3.8, 4) is 0 Å². The van der Waals surface area contributed by atoms with Gasteiger partial charge in [0, 0.05) is 13.1 Å². The van der Waals surface area contributed by atoms with Gasteiger partial charge in [-0.05, 0) is 0 Å². The Morgan fingerprint density at radius 1 is 1.56 bits per heavy atom. The summed E-state index contributed by atoms with van der Waals surface area (Å²) in [5.74, 6) is -0.595. The molecule has 0 aromatic carbocycles. The Balaban J connectivity index is 2.26. The van der Waals surface area contributed by atoms with Crippen molar-refractivity contribution in [1.29, 1.82) is 0 Å². The van der Waals surface area contributed by atoms with Crippen LogP contribution in [0.1, 0.15) is 6.92 Å². The fraction of sp³-hybridized carbons (Fsp3) is 0.778. The third-order valence-corrected chi connectivity index (χ3v) is 2.21. The molecule has 0 radical (unpaired) electrons. The molecule has 5 nitrogen and oxygen atoms in total. The summed E-state index contributed by atoms with van der Waals surface area (Å²) in [7, 11) is 0. The number of imide groups is 1. The molecule has 1 rings (SSSR count). The van der Waals surface area contributed by atoms with Crippen LogP contribution in [-0.4, -0.2) is 49.6 Å². The van der Waals surface area contributed by atoms with E-state index in [9.17, 15) is 18.4 Å². The van der Waals surface area contributed by atoms with Crippen LogP contribution in [0.4, 0.5) is 13.6 Å². The van der Waals surface area contributed by atoms with Gasteiger partial charge in [-0.15, -0.1) is 0 Å². The average molecular weight is 236 g/mol. The van der Waals surface area contributed by atoms with Crippen LogP contribution in [0.15, 0.2) is 0 Å². The number of carbonyl (C=O) groups is 2. The van der Waals surface area contributed by atoms with E-state index in [1.54, 1.807) is 6.92 Å². The van der Waals surface area contributed by atoms with E-state index in [0.29, 0.717) is 6.54 Å². The summed E-state index contributed by atoms with van der Waals surface area (Å²) in [5, 5.41) is 2.17. The SMILES string of the molecule is CC1CN(CCOCC(F)F)C(=O)NC1=O. The molecule has 0 aliphatic carbocycles. The van der Waals surface area contributed by atoms with Crippen LogP contribution in [0.25, 0.3) is 0 Å². The molecule has 1 heterocycles. The second kappa shape index (κ2) is 5.74. The van der Waals surface area contributed by atoms with Gasteiger partial charge in [0.05, 0.1) is 12.5 Å². The lowest BCUT2D eigenvalue weighted by Gasteiger charge is -2.30. The Morgan fingerprint density at radius 3 is 2.88 bits per heavy atom. The fourth-order valence-corrected chi connectivity index (χ4v) is 1.34. The summed E-state index contributed by atoms with van der Waals surface area (Å²) in [6.07, 6.45) is -2.50. The summed E-state index contributed by atoms with van der Waals surface area (Å²) in [6, 6.07) is -0.497. The number of ether oxygens (including phenoxy) is 1. The molecule has 1 saturated heterocycles. The molecule has 0 aromatic heterocycles. The molecule has 3 amide bonds. The van der Waals surface area contributed by atoms with Gasteiger partial charge < -0.3 is 9.64 Å². The fourth-order valence-electron chi connectivity index (χ4n) is 1.34. The van der Waals surface area contributed by atoms with Gasteiger partial charge in [-0.3, -0.25) is 10.1 Å². The monoisotopic (exact) mass is 236 g/mol. The Kier molecular flexibility index (Phi) is 4.60. The van der Waals surface area contributed by atoms with Crippen LogP contribution >= 0.6 is 0 Å². The number of nitrogens with zero attached hydrogens (tertiary/aromatic N) is 1. The van der Waals surface area contributed by atoms with E-state index < -0.39 is 19.1 Å². The third-order valence-electron chi connectivity index (χ3n) is 2.21. The molecule has 0 spiro atoms. The second-order valence-electron chi connectivity index (χ2n) is 3.61. The number of amides is 3. The van der Waals surface area contributed by atoms with E-state index >= 15 is 0 Å². The van der Waals surface area contributed by atoms with Crippen LogP contribution < -0.4 is 5.32 Å². The van der Waals surface area contributed by atoms with Crippen molar-refractivity contribution in [2.24, 2.45) is 5.92 Å². The molecule has 0 aromatic rings. The first-order valence-corrected chi connectivity index (χ1v) is 4.96. The van der Waals surface area contributed by atoms with Gasteiger partial charge >= 0.3 is 6.03 Å². The minimum atomic E-state index is -2.50. The Morgan fingerprint density at radius 2 is 2.25 bits per heavy atom. The van der Waals surface area contributed by atoms with Crippen molar-refractivity contribution < 1.29 is 23.1 Å². The first-order valence-electron chi connectivity index (χ1n) is 4.96. The van der Waals surface area contributed by atoms with E-state index in [2.05, 4.69) is 10.1 Å². The van der Waals surface area contributed by atoms with Gasteiger partial charge in [-0.2, -0.15) is 0 Å². The summed E-state index contributed by atoms with van der Waals surface area (Å²) in [6.45, 7) is 1.59. The molecule has 1 atom stereocenters. The highest BCUT2D eigenvalue weighted by atomic mass is 19.3. The van der Waals surface area contributed by atoms with Gasteiger partial charge in [0.1, 0.15) is 6.61 Å². The summed E-state index contributed by atoms with van der Waals surface area (Å²) in [5.41, 5.74) is 0. The largest absolute Gasteiger partial charge is 0.374 e. The van der Waals surface area contributed by atoms with Crippen LogP contribution in [-0.2, 0) is 9.53 Å². The number of urea groups is 1. The predicted octanol–water partition coefficient (Wildman–Crippen LogP) is 0.456. The van der Waals surface area contributed by atoms with Crippen LogP contribution in [0.2, 0.25) is 0 Å². The molecule has 0 saturated carbocycles. The minimum absolute atomic E-state index is 0.0403. The number of hydrogen-bond acceptors (Lipinski definition) is 3. The van der Waals surface area contributed by atoms with Crippen molar-refractivity contribution in [2.75, 3.05) is 26.3 Å². The lowest BCUT2D eigenvalue weighted by atomic mass is 10.1. The van der Waals surface area contributed by atoms with Crippen molar-refractivity contribution >= 4 is 11.9 Å². The van der Waals surface area contributed by atoms with Crippen molar-refractivity contribution in [2.45, 2.75) is 13.3 Å². The predicted molar refractivity (Wildman–Crippen MR) is 51.1 cm³/mol. The summed E-state index contributed by atoms with van der Waals surface area (Å²) < 4.78 is 28.1. The molecule has 7 heteroatoms. The first-order chi connectivity index (χ1) is 7.50. The molecule has 0 bridgehead atoms. The number of carbonyl (C=O) groups excluding carboxylic acids is 2. The zero-order valence-electron chi connectivity index (χ0n) is 8.91. The number of hydrogen-bond donors (Lipinski definition) is 1. The van der Waals surface area contributed by atoms with Gasteiger partial charge in [-0.25, -0.2) is 13.6 Å². The second-order valence-corrected chi connectivity index (χ2v) is 3.61. The molecule has 1 fully saturated rings. The molecule has 92 valence electrons. The van der Waals surface area contributed by atoms with E-state index in [0.717, 1.165) is 0 Å². The van der Waals surface area contributed by atoms with Gasteiger partial charge in [0.2, 0.25) is 5.91 Å². The van der Waals surface area contributed by atoms with E-state index in [1.807, 2.05) is 0 Å². The number of alkyl halides is 2. The third kappa shape index (κ3) is 3.73. The average Bonchev–Trinajstić information content (AvgIpc) is 2.19. The molecule has 1 aliphatic rings. The minimum Gasteiger partial charge on any atom is -0.374 e. The molecule has 1 unspecified atom stereocenters. The smallest absolute Gasteiger partial charge is 0.324 e. The maximum atomic E-state index is 11.7. The number of halogens is 2. The first kappa shape index (κ1) is 12.8. The quantitative estimate of drug-likeness (QED) is 0.705. The maximum absolute atomic E-state index is 11.7. The standard InChI is InChI=1S/C9H14F2N2O3/c1-6-4-13(9(15)12-8(6)14)2-3-16-5-7(10)11/h6-7H,2-5H2,1H3,(H,12,14,15). The molecular formula is C9H14F2N2O3. The van der Waals surface area contributed by atoms with E-state index in [4.69, 9.17) is 0 Å². The zero-order valence-corrected chi connectivity index (χ0v) is 8.91. The van der Waals surface area contributed by atoms with E-state index in [-0.39, 0.29) is 25.0 Å². The van der Waals surface area contributed by atoms with Crippen molar-refractivity contribution in [3.63, 3.8) is 0 Å². The van der Waals surface area contributed by atoms with Crippen molar-refractivity contribution in [1.82, 2.24) is 10.2 Å². The van der Waals surface area contributed by atoms with Crippen LogP contribution in [0.5, 0.6) is 0 Å². The van der Waals surface area contributed by atoms with Crippen molar-refractivity contribution in [3.05, 3.63) is 0 Å². The topological polar surface area (TPSA) is 58.6 Å². The number of rotatable bonds is 5. The molecule has 1 N–H and O–H groups in total. The summed E-state index contributed by atoms with van der Waals surface area (Å²) >= 11 is 0. The maximum Gasteiger partial charge on any atom is 0.324 e. The normalized spacial score (nSPS) is 21.5. The highest BCUT2D eigenvalue weighted by Crippen LogP contribution is 2.06. The highest BCUT2D eigenvalue weighted by Gasteiger charge is 2.28. The van der Waals surface area contributed by atoms with Gasteiger partial charge in [0.25, 0.3) is 6.43 Å².